The lowest BCUT2D eigenvalue weighted by Gasteiger charge is -2.52. The monoisotopic (exact) mass is 516 g/mol. The summed E-state index contributed by atoms with van der Waals surface area (Å²) in [5.74, 6) is -2.01. The van der Waals surface area contributed by atoms with E-state index in [0.717, 1.165) is 56.2 Å². The molecule has 0 aliphatic carbocycles. The van der Waals surface area contributed by atoms with Gasteiger partial charge in [-0.25, -0.2) is 0 Å². The average molecular weight is 517 g/mol. The zero-order valence-corrected chi connectivity index (χ0v) is 21.5. The van der Waals surface area contributed by atoms with Crippen molar-refractivity contribution in [2.45, 2.75) is 51.7 Å². The number of ether oxygens (including phenoxy) is 1. The smallest absolute Gasteiger partial charge is 0.264 e. The maximum Gasteiger partial charge on any atom is 0.264 e. The van der Waals surface area contributed by atoms with Gasteiger partial charge in [-0.1, -0.05) is 24.3 Å². The molecule has 4 heterocycles. The number of nitrogens with zero attached hydrogens (tertiary/aromatic N) is 2. The molecule has 3 saturated heterocycles. The number of hydrogen-bond acceptors (Lipinski definition) is 7. The molecule has 9 heteroatoms. The van der Waals surface area contributed by atoms with E-state index in [1.165, 1.54) is 11.1 Å². The highest BCUT2D eigenvalue weighted by molar-refractivity contribution is 6.25. The predicted octanol–water partition coefficient (Wildman–Crippen LogP) is 2.62. The minimum absolute atomic E-state index is 0.0951. The van der Waals surface area contributed by atoms with Crippen LogP contribution in [0, 0.1) is 12.3 Å². The molecule has 4 aliphatic heterocycles. The van der Waals surface area contributed by atoms with Gasteiger partial charge in [-0.15, -0.1) is 0 Å². The molecular formula is C29H32N4O5. The van der Waals surface area contributed by atoms with E-state index >= 15 is 0 Å². The van der Waals surface area contributed by atoms with E-state index in [4.69, 9.17) is 4.74 Å². The number of carbonyl (C=O) groups excluding carboxylic acids is 4. The Kier molecular flexibility index (Phi) is 6.28. The molecule has 1 unspecified atom stereocenters. The van der Waals surface area contributed by atoms with Crippen molar-refractivity contribution >= 4 is 29.3 Å². The van der Waals surface area contributed by atoms with Gasteiger partial charge in [-0.2, -0.15) is 0 Å². The van der Waals surface area contributed by atoms with E-state index in [1.54, 1.807) is 18.2 Å². The molecule has 4 amide bonds. The fourth-order valence-corrected chi connectivity index (χ4v) is 6.28. The normalized spacial score (nSPS) is 22.9. The van der Waals surface area contributed by atoms with Crippen LogP contribution in [-0.4, -0.2) is 65.8 Å². The molecule has 2 aromatic rings. The van der Waals surface area contributed by atoms with Crippen LogP contribution in [0.2, 0.25) is 0 Å². The number of anilines is 1. The van der Waals surface area contributed by atoms with Crippen molar-refractivity contribution in [1.29, 1.82) is 0 Å². The maximum atomic E-state index is 13.3. The molecule has 1 atom stereocenters. The Bertz CT molecular complexity index is 1320. The highest BCUT2D eigenvalue weighted by Gasteiger charge is 2.46. The average Bonchev–Trinajstić information content (AvgIpc) is 3.14. The summed E-state index contributed by atoms with van der Waals surface area (Å²) >= 11 is 0. The lowest BCUT2D eigenvalue weighted by Crippen LogP contribution is -2.57. The summed E-state index contributed by atoms with van der Waals surface area (Å²) in [6, 6.07) is 10.6. The molecule has 9 nitrogen and oxygen atoms in total. The highest BCUT2D eigenvalue weighted by atomic mass is 16.5. The van der Waals surface area contributed by atoms with E-state index in [9.17, 15) is 19.2 Å². The standard InChI is InChI=1S/C29H32N4O5/c1-18-13-19(5-6-20(18)15-32-16-29(17-32)9-11-38-12-10-29)14-30-22-4-2-3-21-25(22)28(37)33(27(21)36)23-7-8-24(34)31-26(23)35/h2-6,13,23,30H,7-12,14-17H2,1H3,(H,31,34,35). The van der Waals surface area contributed by atoms with Crippen LogP contribution in [0.25, 0.3) is 0 Å². The number of amides is 4. The van der Waals surface area contributed by atoms with Crippen molar-refractivity contribution < 1.29 is 23.9 Å². The number of fused-ring (bicyclic) bond motifs is 1. The van der Waals surface area contributed by atoms with Gasteiger partial charge in [0, 0.05) is 56.9 Å². The summed E-state index contributed by atoms with van der Waals surface area (Å²) in [6.07, 6.45) is 2.56. The van der Waals surface area contributed by atoms with E-state index in [-0.39, 0.29) is 29.9 Å². The number of aryl methyl sites for hydroxylation is 1. The maximum absolute atomic E-state index is 13.3. The summed E-state index contributed by atoms with van der Waals surface area (Å²) < 4.78 is 5.53. The van der Waals surface area contributed by atoms with E-state index in [1.807, 2.05) is 0 Å². The molecule has 0 radical (unpaired) electrons. The van der Waals surface area contributed by atoms with Crippen LogP contribution in [-0.2, 0) is 27.4 Å². The summed E-state index contributed by atoms with van der Waals surface area (Å²) in [5, 5.41) is 5.56. The van der Waals surface area contributed by atoms with Crippen molar-refractivity contribution in [3.8, 4) is 0 Å². The van der Waals surface area contributed by atoms with Crippen LogP contribution in [0.3, 0.4) is 0 Å². The SMILES string of the molecule is Cc1cc(CNc2cccc3c2C(=O)N(C2CCC(=O)NC2=O)C3=O)ccc1CN1CC2(CCOCC2)C1. The molecule has 198 valence electrons. The molecular weight excluding hydrogens is 484 g/mol. The van der Waals surface area contributed by atoms with E-state index in [0.29, 0.717) is 17.6 Å². The number of piperidine rings is 1. The van der Waals surface area contributed by atoms with Crippen molar-refractivity contribution in [3.05, 3.63) is 64.2 Å². The molecule has 4 aliphatic rings. The Labute approximate surface area is 221 Å². The van der Waals surface area contributed by atoms with Gasteiger partial charge in [0.05, 0.1) is 11.1 Å². The van der Waals surface area contributed by atoms with Crippen LogP contribution in [0.4, 0.5) is 5.69 Å². The van der Waals surface area contributed by atoms with Crippen LogP contribution in [0.5, 0.6) is 0 Å². The van der Waals surface area contributed by atoms with E-state index in [2.05, 4.69) is 40.7 Å². The Hall–Kier alpha value is -3.56. The van der Waals surface area contributed by atoms with Gasteiger partial charge in [0.25, 0.3) is 11.8 Å². The first-order chi connectivity index (χ1) is 18.3. The second-order valence-electron chi connectivity index (χ2n) is 11.0. The first kappa shape index (κ1) is 24.8. The number of hydrogen-bond donors (Lipinski definition) is 2. The largest absolute Gasteiger partial charge is 0.381 e. The number of benzene rings is 2. The van der Waals surface area contributed by atoms with Crippen LogP contribution in [0.15, 0.2) is 36.4 Å². The Balaban J connectivity index is 1.11. The summed E-state index contributed by atoms with van der Waals surface area (Å²) in [4.78, 5) is 53.8. The fourth-order valence-electron chi connectivity index (χ4n) is 6.28. The first-order valence-corrected chi connectivity index (χ1v) is 13.3. The Morgan fingerprint density at radius 1 is 1.05 bits per heavy atom. The first-order valence-electron chi connectivity index (χ1n) is 13.3. The molecule has 38 heavy (non-hydrogen) atoms. The molecule has 2 aromatic carbocycles. The van der Waals surface area contributed by atoms with Crippen LogP contribution in [0.1, 0.15) is 63.1 Å². The van der Waals surface area contributed by atoms with Gasteiger partial charge in [0.2, 0.25) is 11.8 Å². The molecule has 2 N–H and O–H groups in total. The molecule has 6 rings (SSSR count). The summed E-state index contributed by atoms with van der Waals surface area (Å²) in [7, 11) is 0. The number of nitrogens with one attached hydrogen (secondary N) is 2. The van der Waals surface area contributed by atoms with E-state index < -0.39 is 23.8 Å². The van der Waals surface area contributed by atoms with Gasteiger partial charge in [-0.05, 0) is 55.0 Å². The molecule has 0 bridgehead atoms. The number of carbonyl (C=O) groups is 4. The second kappa shape index (κ2) is 9.63. The minimum Gasteiger partial charge on any atom is -0.381 e. The van der Waals surface area contributed by atoms with Gasteiger partial charge in [0.15, 0.2) is 0 Å². The zero-order chi connectivity index (χ0) is 26.4. The predicted molar refractivity (Wildman–Crippen MR) is 139 cm³/mol. The third-order valence-electron chi connectivity index (χ3n) is 8.42. The molecule has 0 saturated carbocycles. The van der Waals surface area contributed by atoms with Crippen LogP contribution < -0.4 is 10.6 Å². The van der Waals surface area contributed by atoms with Gasteiger partial charge in [-0.3, -0.25) is 34.3 Å². The van der Waals surface area contributed by atoms with Gasteiger partial charge < -0.3 is 10.1 Å². The van der Waals surface area contributed by atoms with Crippen molar-refractivity contribution in [2.75, 3.05) is 31.6 Å². The minimum atomic E-state index is -0.976. The summed E-state index contributed by atoms with van der Waals surface area (Å²) in [6.45, 7) is 7.61. The number of likely N-dealkylation sites (tertiary alicyclic amines) is 1. The third kappa shape index (κ3) is 4.39. The number of rotatable bonds is 6. The molecule has 0 aromatic heterocycles. The Morgan fingerprint density at radius 2 is 1.84 bits per heavy atom. The van der Waals surface area contributed by atoms with Crippen molar-refractivity contribution in [3.63, 3.8) is 0 Å². The summed E-state index contributed by atoms with van der Waals surface area (Å²) in [5.41, 5.74) is 5.18. The topological polar surface area (TPSA) is 108 Å². The van der Waals surface area contributed by atoms with Crippen molar-refractivity contribution in [1.82, 2.24) is 15.1 Å². The highest BCUT2D eigenvalue weighted by Crippen LogP contribution is 2.40. The Morgan fingerprint density at radius 3 is 2.58 bits per heavy atom. The number of imide groups is 2. The second-order valence-corrected chi connectivity index (χ2v) is 11.0. The quantitative estimate of drug-likeness (QED) is 0.569. The molecule has 3 fully saturated rings. The van der Waals surface area contributed by atoms with Crippen LogP contribution >= 0.6 is 0 Å². The lowest BCUT2D eigenvalue weighted by atomic mass is 9.73. The van der Waals surface area contributed by atoms with Gasteiger partial charge >= 0.3 is 0 Å². The van der Waals surface area contributed by atoms with Crippen molar-refractivity contribution in [2.24, 2.45) is 5.41 Å². The van der Waals surface area contributed by atoms with Gasteiger partial charge in [0.1, 0.15) is 6.04 Å². The third-order valence-corrected chi connectivity index (χ3v) is 8.42. The zero-order valence-electron chi connectivity index (χ0n) is 21.5. The fraction of sp³-hybridized carbons (Fsp3) is 0.448. The lowest BCUT2D eigenvalue weighted by molar-refractivity contribution is -0.136. The molecule has 1 spiro atoms.